The molecule has 3 aromatic rings. The first kappa shape index (κ1) is 19.9. The second-order valence-electron chi connectivity index (χ2n) is 8.29. The summed E-state index contributed by atoms with van der Waals surface area (Å²) in [5.41, 5.74) is 4.26. The van der Waals surface area contributed by atoms with Crippen LogP contribution >= 0.6 is 0 Å². The zero-order chi connectivity index (χ0) is 21.2. The van der Waals surface area contributed by atoms with Crippen LogP contribution in [0.5, 0.6) is 11.5 Å². The van der Waals surface area contributed by atoms with E-state index in [9.17, 15) is 4.79 Å². The number of methoxy groups -OCH3 is 1. The van der Waals surface area contributed by atoms with E-state index in [1.54, 1.807) is 7.11 Å². The van der Waals surface area contributed by atoms with Crippen LogP contribution in [0.15, 0.2) is 40.8 Å². The van der Waals surface area contributed by atoms with E-state index in [4.69, 9.17) is 13.9 Å². The molecule has 0 saturated carbocycles. The fourth-order valence-corrected chi connectivity index (χ4v) is 4.57. The molecule has 2 aliphatic heterocycles. The second-order valence-corrected chi connectivity index (χ2v) is 8.29. The van der Waals surface area contributed by atoms with Gasteiger partial charge in [0.15, 0.2) is 11.3 Å². The molecule has 5 rings (SSSR count). The van der Waals surface area contributed by atoms with Gasteiger partial charge in [-0.1, -0.05) is 18.2 Å². The molecule has 0 spiro atoms. The smallest absolute Gasteiger partial charge is 0.224 e. The summed E-state index contributed by atoms with van der Waals surface area (Å²) < 4.78 is 17.5. The number of para-hydroxylation sites is 1. The highest BCUT2D eigenvalue weighted by molar-refractivity contribution is 5.94. The van der Waals surface area contributed by atoms with Crippen LogP contribution in [0.4, 0.5) is 5.69 Å². The third kappa shape index (κ3) is 4.12. The van der Waals surface area contributed by atoms with Crippen molar-refractivity contribution in [3.8, 4) is 11.5 Å². The molecule has 3 heterocycles. The lowest BCUT2D eigenvalue weighted by atomic mass is 10.0. The Bertz CT molecular complexity index is 1100. The number of hydrogen-bond donors (Lipinski definition) is 1. The number of fused-ring (bicyclic) bond motifs is 4. The van der Waals surface area contributed by atoms with E-state index >= 15 is 0 Å². The van der Waals surface area contributed by atoms with Crippen molar-refractivity contribution in [2.45, 2.75) is 38.6 Å². The molecule has 0 atom stereocenters. The summed E-state index contributed by atoms with van der Waals surface area (Å²) >= 11 is 0. The minimum absolute atomic E-state index is 0.0808. The summed E-state index contributed by atoms with van der Waals surface area (Å²) in [6.07, 6.45) is 4.43. The number of ether oxygens (including phenoxy) is 2. The van der Waals surface area contributed by atoms with Crippen LogP contribution in [0.3, 0.4) is 0 Å². The van der Waals surface area contributed by atoms with Gasteiger partial charge in [0.25, 0.3) is 0 Å². The molecule has 0 unspecified atom stereocenters. The van der Waals surface area contributed by atoms with Crippen LogP contribution < -0.4 is 14.8 Å². The van der Waals surface area contributed by atoms with Gasteiger partial charge >= 0.3 is 0 Å². The zero-order valence-corrected chi connectivity index (χ0v) is 17.9. The highest BCUT2D eigenvalue weighted by atomic mass is 16.5. The Morgan fingerprint density at radius 2 is 2.06 bits per heavy atom. The van der Waals surface area contributed by atoms with Gasteiger partial charge in [-0.15, -0.1) is 0 Å². The van der Waals surface area contributed by atoms with Gasteiger partial charge < -0.3 is 19.2 Å². The van der Waals surface area contributed by atoms with E-state index < -0.39 is 0 Å². The van der Waals surface area contributed by atoms with E-state index in [2.05, 4.69) is 22.3 Å². The van der Waals surface area contributed by atoms with Crippen LogP contribution in [-0.4, -0.2) is 37.6 Å². The molecule has 2 aromatic carbocycles. The van der Waals surface area contributed by atoms with Crippen molar-refractivity contribution in [2.75, 3.05) is 32.1 Å². The first-order valence-electron chi connectivity index (χ1n) is 11.1. The van der Waals surface area contributed by atoms with Gasteiger partial charge in [-0.25, -0.2) is 0 Å². The summed E-state index contributed by atoms with van der Waals surface area (Å²) in [5, 5.41) is 4.11. The average molecular weight is 421 g/mol. The fraction of sp³-hybridized carbons (Fsp3) is 0.400. The first-order valence-corrected chi connectivity index (χ1v) is 11.1. The quantitative estimate of drug-likeness (QED) is 0.569. The van der Waals surface area contributed by atoms with Crippen LogP contribution in [0.25, 0.3) is 11.0 Å². The molecule has 1 amide bonds. The zero-order valence-electron chi connectivity index (χ0n) is 17.9. The third-order valence-electron chi connectivity index (χ3n) is 6.25. The van der Waals surface area contributed by atoms with Gasteiger partial charge in [0.2, 0.25) is 5.91 Å². The first-order chi connectivity index (χ1) is 15.2. The molecule has 0 aliphatic carbocycles. The summed E-state index contributed by atoms with van der Waals surface area (Å²) in [6, 6.07) is 12.1. The highest BCUT2D eigenvalue weighted by Crippen LogP contribution is 2.35. The van der Waals surface area contributed by atoms with Gasteiger partial charge in [0.1, 0.15) is 11.5 Å². The van der Waals surface area contributed by atoms with Crippen molar-refractivity contribution in [2.24, 2.45) is 0 Å². The second kappa shape index (κ2) is 8.63. The van der Waals surface area contributed by atoms with Crippen molar-refractivity contribution in [3.63, 3.8) is 0 Å². The normalized spacial score (nSPS) is 16.0. The maximum Gasteiger partial charge on any atom is 0.224 e. The molecule has 0 saturated heterocycles. The molecule has 1 N–H and O–H groups in total. The monoisotopic (exact) mass is 420 g/mol. The minimum atomic E-state index is 0.0808. The Kier molecular flexibility index (Phi) is 5.55. The Morgan fingerprint density at radius 1 is 1.13 bits per heavy atom. The lowest BCUT2D eigenvalue weighted by Crippen LogP contribution is -2.30. The number of anilines is 1. The molecule has 2 aliphatic rings. The summed E-state index contributed by atoms with van der Waals surface area (Å²) in [6.45, 7) is 3.59. The molecule has 0 radical (unpaired) electrons. The van der Waals surface area contributed by atoms with Crippen molar-refractivity contribution >= 4 is 22.6 Å². The lowest BCUT2D eigenvalue weighted by Gasteiger charge is -2.25. The van der Waals surface area contributed by atoms with Crippen LogP contribution in [0.2, 0.25) is 0 Å². The van der Waals surface area contributed by atoms with Crippen molar-refractivity contribution in [3.05, 3.63) is 53.3 Å². The number of furan rings is 1. The van der Waals surface area contributed by atoms with Gasteiger partial charge in [-0.2, -0.15) is 0 Å². The van der Waals surface area contributed by atoms with Gasteiger partial charge in [-0.05, 0) is 49.9 Å². The molecule has 0 fully saturated rings. The summed E-state index contributed by atoms with van der Waals surface area (Å²) in [5.74, 6) is 2.77. The number of hydrogen-bond acceptors (Lipinski definition) is 5. The number of carbonyl (C=O) groups excluding carboxylic acids is 1. The Balaban J connectivity index is 1.11. The van der Waals surface area contributed by atoms with Crippen molar-refractivity contribution in [1.29, 1.82) is 0 Å². The molecule has 31 heavy (non-hydrogen) atoms. The van der Waals surface area contributed by atoms with Crippen molar-refractivity contribution < 1.29 is 18.7 Å². The van der Waals surface area contributed by atoms with Crippen molar-refractivity contribution in [1.82, 2.24) is 4.90 Å². The minimum Gasteiger partial charge on any atom is -0.494 e. The number of carbonyl (C=O) groups is 1. The van der Waals surface area contributed by atoms with E-state index in [1.807, 2.05) is 24.3 Å². The number of rotatable bonds is 7. The topological polar surface area (TPSA) is 63.9 Å². The molecule has 6 heteroatoms. The number of nitrogens with zero attached hydrogens (tertiary/aromatic N) is 1. The Hall–Kier alpha value is -2.99. The molecule has 162 valence electrons. The van der Waals surface area contributed by atoms with Gasteiger partial charge in [0.05, 0.1) is 20.3 Å². The van der Waals surface area contributed by atoms with E-state index in [-0.39, 0.29) is 5.91 Å². The van der Waals surface area contributed by atoms with Crippen LogP contribution in [0, 0.1) is 0 Å². The van der Waals surface area contributed by atoms with Crippen LogP contribution in [0.1, 0.15) is 36.1 Å². The molecule has 1 aromatic heterocycles. The SMILES string of the molecule is COc1cccc2c3c(oc12)CN(CCCCOc1ccc2c(c1)NC(=O)CC2)CC3. The predicted molar refractivity (Wildman–Crippen MR) is 120 cm³/mol. The standard InChI is InChI=1S/C25H28N2O4/c1-29-22-6-4-5-20-19-11-13-27(16-23(19)31-25(20)22)12-2-3-14-30-18-9-7-17-8-10-24(28)26-21(17)15-18/h4-7,9,15H,2-3,8,10-14,16H2,1H3,(H,26,28). The summed E-state index contributed by atoms with van der Waals surface area (Å²) in [7, 11) is 1.69. The lowest BCUT2D eigenvalue weighted by molar-refractivity contribution is -0.116. The Labute approximate surface area is 182 Å². The largest absolute Gasteiger partial charge is 0.494 e. The highest BCUT2D eigenvalue weighted by Gasteiger charge is 2.23. The third-order valence-corrected chi connectivity index (χ3v) is 6.25. The number of amides is 1. The maximum absolute atomic E-state index is 11.6. The molecule has 6 nitrogen and oxygen atoms in total. The average Bonchev–Trinajstić information content (AvgIpc) is 3.16. The predicted octanol–water partition coefficient (Wildman–Crippen LogP) is 4.54. The van der Waals surface area contributed by atoms with Gasteiger partial charge in [0, 0.05) is 35.7 Å². The fourth-order valence-electron chi connectivity index (χ4n) is 4.57. The number of benzene rings is 2. The maximum atomic E-state index is 11.6. The number of unbranched alkanes of at least 4 members (excludes halogenated alkanes) is 1. The van der Waals surface area contributed by atoms with E-state index in [1.165, 1.54) is 16.5 Å². The van der Waals surface area contributed by atoms with E-state index in [0.717, 1.165) is 73.8 Å². The van der Waals surface area contributed by atoms with Gasteiger partial charge in [-0.3, -0.25) is 9.69 Å². The molecular formula is C25H28N2O4. The number of aryl methyl sites for hydroxylation is 1. The Morgan fingerprint density at radius 3 is 2.97 bits per heavy atom. The molecular weight excluding hydrogens is 392 g/mol. The summed E-state index contributed by atoms with van der Waals surface area (Å²) in [4.78, 5) is 14.0. The molecule has 0 bridgehead atoms. The van der Waals surface area contributed by atoms with E-state index in [0.29, 0.717) is 13.0 Å². The number of nitrogens with one attached hydrogen (secondary N) is 1. The van der Waals surface area contributed by atoms with Crippen LogP contribution in [-0.2, 0) is 24.2 Å².